The molecule has 2 aromatic rings. The Morgan fingerprint density at radius 3 is 2.50 bits per heavy atom. The number of carbonyl (C=O) groups excluding carboxylic acids is 1. The Bertz CT molecular complexity index is 951. The first-order valence-electron chi connectivity index (χ1n) is 8.68. The summed E-state index contributed by atoms with van der Waals surface area (Å²) in [4.78, 5) is 14.4. The molecule has 0 bridgehead atoms. The molecule has 0 spiro atoms. The van der Waals surface area contributed by atoms with Crippen LogP contribution in [0.4, 0.5) is 10.1 Å². The van der Waals surface area contributed by atoms with Crippen molar-refractivity contribution in [2.24, 2.45) is 0 Å². The molecule has 1 atom stereocenters. The summed E-state index contributed by atoms with van der Waals surface area (Å²) >= 11 is 0. The second-order valence-corrected chi connectivity index (χ2v) is 8.30. The standard InChI is InChI=1S/C19H22FN3O3S.ClH/c1-13-11-16(20)5-8-18(13)27(25,26)22-17-6-3-15(4-7-17)19(24)23-10-9-21-12-14(23)2;/h3-8,11,14,21-22H,9-10,12H2,1-2H3;1H/t14-;/m0./s1. The van der Waals surface area contributed by atoms with Crippen LogP contribution in [-0.2, 0) is 10.0 Å². The molecule has 0 aliphatic carbocycles. The van der Waals surface area contributed by atoms with Crippen LogP contribution < -0.4 is 10.0 Å². The molecular weight excluding hydrogens is 405 g/mol. The summed E-state index contributed by atoms with van der Waals surface area (Å²) in [5, 5.41) is 3.24. The Morgan fingerprint density at radius 2 is 1.89 bits per heavy atom. The normalized spacial score (nSPS) is 17.0. The number of rotatable bonds is 4. The number of nitrogens with zero attached hydrogens (tertiary/aromatic N) is 1. The van der Waals surface area contributed by atoms with E-state index in [0.717, 1.165) is 19.2 Å². The molecule has 6 nitrogen and oxygen atoms in total. The third-order valence-corrected chi connectivity index (χ3v) is 6.11. The van der Waals surface area contributed by atoms with Crippen molar-refractivity contribution < 1.29 is 17.6 Å². The highest BCUT2D eigenvalue weighted by Crippen LogP contribution is 2.21. The van der Waals surface area contributed by atoms with Crippen molar-refractivity contribution in [3.8, 4) is 0 Å². The van der Waals surface area contributed by atoms with Crippen LogP contribution in [0.5, 0.6) is 0 Å². The van der Waals surface area contributed by atoms with Crippen LogP contribution in [0.1, 0.15) is 22.8 Å². The second-order valence-electron chi connectivity index (χ2n) is 6.64. The first kappa shape index (κ1) is 22.1. The summed E-state index contributed by atoms with van der Waals surface area (Å²) in [6.07, 6.45) is 0. The average Bonchev–Trinajstić information content (AvgIpc) is 2.61. The summed E-state index contributed by atoms with van der Waals surface area (Å²) < 4.78 is 40.7. The molecule has 0 radical (unpaired) electrons. The van der Waals surface area contributed by atoms with Gasteiger partial charge in [-0.15, -0.1) is 12.4 Å². The van der Waals surface area contributed by atoms with Crippen molar-refractivity contribution in [3.63, 3.8) is 0 Å². The van der Waals surface area contributed by atoms with Crippen LogP contribution in [0.15, 0.2) is 47.4 Å². The molecule has 28 heavy (non-hydrogen) atoms. The smallest absolute Gasteiger partial charge is 0.262 e. The van der Waals surface area contributed by atoms with E-state index >= 15 is 0 Å². The van der Waals surface area contributed by atoms with E-state index in [1.54, 1.807) is 29.2 Å². The highest BCUT2D eigenvalue weighted by molar-refractivity contribution is 7.92. The zero-order chi connectivity index (χ0) is 19.6. The molecule has 3 rings (SSSR count). The highest BCUT2D eigenvalue weighted by Gasteiger charge is 2.24. The van der Waals surface area contributed by atoms with Crippen molar-refractivity contribution in [3.05, 3.63) is 59.4 Å². The number of carbonyl (C=O) groups is 1. The van der Waals surface area contributed by atoms with Crippen molar-refractivity contribution in [1.82, 2.24) is 10.2 Å². The van der Waals surface area contributed by atoms with E-state index in [2.05, 4.69) is 10.0 Å². The van der Waals surface area contributed by atoms with E-state index in [1.165, 1.54) is 19.1 Å². The number of amides is 1. The Labute approximate surface area is 170 Å². The molecule has 0 unspecified atom stereocenters. The Balaban J connectivity index is 0.00000280. The van der Waals surface area contributed by atoms with Gasteiger partial charge in [-0.05, 0) is 61.9 Å². The van der Waals surface area contributed by atoms with Gasteiger partial charge in [0.05, 0.1) is 4.90 Å². The summed E-state index contributed by atoms with van der Waals surface area (Å²) in [7, 11) is -3.84. The lowest BCUT2D eigenvalue weighted by molar-refractivity contribution is 0.0656. The molecule has 1 fully saturated rings. The van der Waals surface area contributed by atoms with Crippen molar-refractivity contribution >= 4 is 34.0 Å². The summed E-state index contributed by atoms with van der Waals surface area (Å²) in [5.41, 5.74) is 1.16. The van der Waals surface area contributed by atoms with Gasteiger partial charge in [-0.25, -0.2) is 12.8 Å². The van der Waals surface area contributed by atoms with Gasteiger partial charge in [0, 0.05) is 36.9 Å². The minimum Gasteiger partial charge on any atom is -0.333 e. The molecule has 1 heterocycles. The summed E-state index contributed by atoms with van der Waals surface area (Å²) in [5.74, 6) is -0.566. The van der Waals surface area contributed by atoms with Gasteiger partial charge in [-0.3, -0.25) is 9.52 Å². The van der Waals surface area contributed by atoms with Gasteiger partial charge in [0.2, 0.25) is 0 Å². The van der Waals surface area contributed by atoms with E-state index in [9.17, 15) is 17.6 Å². The predicted octanol–water partition coefficient (Wildman–Crippen LogP) is 2.79. The van der Waals surface area contributed by atoms with Crippen LogP contribution in [0.25, 0.3) is 0 Å². The topological polar surface area (TPSA) is 78.5 Å². The fraction of sp³-hybridized carbons (Fsp3) is 0.316. The number of sulfonamides is 1. The minimum absolute atomic E-state index is 0. The number of nitrogens with one attached hydrogen (secondary N) is 2. The molecule has 1 amide bonds. The average molecular weight is 428 g/mol. The fourth-order valence-electron chi connectivity index (χ4n) is 3.11. The molecule has 0 saturated carbocycles. The van der Waals surface area contributed by atoms with Crippen molar-refractivity contribution in [2.75, 3.05) is 24.4 Å². The monoisotopic (exact) mass is 427 g/mol. The Kier molecular flexibility index (Phi) is 7.03. The van der Waals surface area contributed by atoms with Crippen LogP contribution in [0.2, 0.25) is 0 Å². The molecule has 1 saturated heterocycles. The predicted molar refractivity (Wildman–Crippen MR) is 109 cm³/mol. The lowest BCUT2D eigenvalue weighted by Crippen LogP contribution is -2.52. The number of hydrogen-bond donors (Lipinski definition) is 2. The maximum atomic E-state index is 13.2. The maximum Gasteiger partial charge on any atom is 0.262 e. The van der Waals surface area contributed by atoms with Crippen LogP contribution in [-0.4, -0.2) is 44.9 Å². The lowest BCUT2D eigenvalue weighted by Gasteiger charge is -2.34. The number of halogens is 2. The molecule has 9 heteroatoms. The number of piperazine rings is 1. The van der Waals surface area contributed by atoms with Crippen LogP contribution in [0, 0.1) is 12.7 Å². The maximum absolute atomic E-state index is 13.2. The number of aryl methyl sites for hydroxylation is 1. The first-order valence-corrected chi connectivity index (χ1v) is 10.2. The Hall–Kier alpha value is -2.16. The van der Waals surface area contributed by atoms with Crippen LogP contribution >= 0.6 is 12.4 Å². The van der Waals surface area contributed by atoms with Crippen molar-refractivity contribution in [1.29, 1.82) is 0 Å². The fourth-order valence-corrected chi connectivity index (χ4v) is 4.40. The van der Waals surface area contributed by atoms with Gasteiger partial charge in [-0.1, -0.05) is 0 Å². The summed E-state index contributed by atoms with van der Waals surface area (Å²) in [6.45, 7) is 5.66. The van der Waals surface area contributed by atoms with Gasteiger partial charge in [-0.2, -0.15) is 0 Å². The molecular formula is C19H23ClFN3O3S. The molecule has 1 aliphatic heterocycles. The first-order chi connectivity index (χ1) is 12.8. The third-order valence-electron chi connectivity index (χ3n) is 4.57. The number of anilines is 1. The zero-order valence-electron chi connectivity index (χ0n) is 15.6. The van der Waals surface area contributed by atoms with E-state index in [0.29, 0.717) is 23.4 Å². The highest BCUT2D eigenvalue weighted by atomic mass is 35.5. The van der Waals surface area contributed by atoms with E-state index in [-0.39, 0.29) is 29.3 Å². The summed E-state index contributed by atoms with van der Waals surface area (Å²) in [6, 6.07) is 9.93. The van der Waals surface area contributed by atoms with E-state index < -0.39 is 15.8 Å². The van der Waals surface area contributed by atoms with Crippen LogP contribution in [0.3, 0.4) is 0 Å². The molecule has 0 aromatic heterocycles. The van der Waals surface area contributed by atoms with Gasteiger partial charge < -0.3 is 10.2 Å². The van der Waals surface area contributed by atoms with E-state index in [1.807, 2.05) is 6.92 Å². The van der Waals surface area contributed by atoms with Crippen molar-refractivity contribution in [2.45, 2.75) is 24.8 Å². The van der Waals surface area contributed by atoms with E-state index in [4.69, 9.17) is 0 Å². The molecule has 152 valence electrons. The zero-order valence-corrected chi connectivity index (χ0v) is 17.2. The van der Waals surface area contributed by atoms with Gasteiger partial charge in [0.25, 0.3) is 15.9 Å². The second kappa shape index (κ2) is 8.89. The van der Waals surface area contributed by atoms with Gasteiger partial charge >= 0.3 is 0 Å². The quantitative estimate of drug-likeness (QED) is 0.786. The molecule has 2 aromatic carbocycles. The number of benzene rings is 2. The SMILES string of the molecule is Cc1cc(F)ccc1S(=O)(=O)Nc1ccc(C(=O)N2CCNC[C@@H]2C)cc1.Cl. The minimum atomic E-state index is -3.84. The molecule has 2 N–H and O–H groups in total. The largest absolute Gasteiger partial charge is 0.333 e. The Morgan fingerprint density at radius 1 is 1.21 bits per heavy atom. The molecule has 1 aliphatic rings. The van der Waals surface area contributed by atoms with Gasteiger partial charge in [0.15, 0.2) is 0 Å². The van der Waals surface area contributed by atoms with Gasteiger partial charge in [0.1, 0.15) is 5.82 Å². The third kappa shape index (κ3) is 4.81. The lowest BCUT2D eigenvalue weighted by atomic mass is 10.1. The number of hydrogen-bond acceptors (Lipinski definition) is 4.